The van der Waals surface area contributed by atoms with Gasteiger partial charge in [0, 0.05) is 11.6 Å². The number of rotatable bonds is 3. The molecule has 0 amide bonds. The second-order valence-electron chi connectivity index (χ2n) is 5.48. The van der Waals surface area contributed by atoms with Gasteiger partial charge in [-0.2, -0.15) is 0 Å². The molecule has 1 atom stereocenters. The Morgan fingerprint density at radius 1 is 1.36 bits per heavy atom. The zero-order valence-electron chi connectivity index (χ0n) is 13.7. The summed E-state index contributed by atoms with van der Waals surface area (Å²) in [6, 6.07) is 7.29. The van der Waals surface area contributed by atoms with Crippen LogP contribution >= 0.6 is 0 Å². The van der Waals surface area contributed by atoms with E-state index in [0.29, 0.717) is 5.76 Å². The monoisotopic (exact) mass is 345 g/mol. The lowest BCUT2D eigenvalue weighted by molar-refractivity contribution is -0.139. The standard InChI is InChI=1S/C18H16FNO5/c1-3-23-17(21)15-13(10-6-4-5-7-11(10)19)14-12(25-16(15)20)8-9(2)24-18(14)22/h4-8,13H,3,20H2,1-2H3. The third-order valence-corrected chi connectivity index (χ3v) is 3.85. The predicted molar refractivity (Wildman–Crippen MR) is 86.4 cm³/mol. The molecule has 130 valence electrons. The van der Waals surface area contributed by atoms with Crippen molar-refractivity contribution in [1.82, 2.24) is 0 Å². The Morgan fingerprint density at radius 2 is 2.08 bits per heavy atom. The Bertz CT molecular complexity index is 931. The molecule has 0 radical (unpaired) electrons. The molecule has 1 aromatic carbocycles. The Labute approximate surface area is 142 Å². The molecule has 0 bridgehead atoms. The number of ether oxygens (including phenoxy) is 2. The van der Waals surface area contributed by atoms with Crippen LogP contribution in [0.5, 0.6) is 5.75 Å². The molecule has 0 spiro atoms. The largest absolute Gasteiger partial charge is 0.462 e. The molecule has 1 aliphatic heterocycles. The lowest BCUT2D eigenvalue weighted by Gasteiger charge is -2.27. The van der Waals surface area contributed by atoms with Crippen LogP contribution in [0.1, 0.15) is 29.7 Å². The lowest BCUT2D eigenvalue weighted by atomic mass is 9.83. The molecule has 25 heavy (non-hydrogen) atoms. The number of benzene rings is 1. The topological polar surface area (TPSA) is 91.8 Å². The van der Waals surface area contributed by atoms with Crippen LogP contribution in [0.15, 0.2) is 51.0 Å². The average Bonchev–Trinajstić information content (AvgIpc) is 2.53. The van der Waals surface area contributed by atoms with Gasteiger partial charge >= 0.3 is 11.6 Å². The maximum absolute atomic E-state index is 14.4. The van der Waals surface area contributed by atoms with Crippen LogP contribution in [0.2, 0.25) is 0 Å². The first-order valence-electron chi connectivity index (χ1n) is 7.67. The van der Waals surface area contributed by atoms with Gasteiger partial charge in [0.05, 0.1) is 18.1 Å². The predicted octanol–water partition coefficient (Wildman–Crippen LogP) is 2.35. The van der Waals surface area contributed by atoms with Crippen molar-refractivity contribution < 1.29 is 23.1 Å². The van der Waals surface area contributed by atoms with Crippen molar-refractivity contribution in [2.45, 2.75) is 19.8 Å². The van der Waals surface area contributed by atoms with Gasteiger partial charge in [-0.25, -0.2) is 14.0 Å². The highest BCUT2D eigenvalue weighted by atomic mass is 19.1. The summed E-state index contributed by atoms with van der Waals surface area (Å²) in [6.07, 6.45) is 0. The van der Waals surface area contributed by atoms with Crippen molar-refractivity contribution in [3.05, 3.63) is 74.9 Å². The van der Waals surface area contributed by atoms with Crippen molar-refractivity contribution in [2.24, 2.45) is 5.73 Å². The Kier molecular flexibility index (Phi) is 4.31. The molecule has 3 rings (SSSR count). The molecule has 0 saturated carbocycles. The van der Waals surface area contributed by atoms with Crippen molar-refractivity contribution >= 4 is 5.97 Å². The smallest absolute Gasteiger partial charge is 0.343 e. The number of esters is 1. The molecule has 0 fully saturated rings. The number of aryl methyl sites for hydroxylation is 1. The number of halogens is 1. The fraction of sp³-hybridized carbons (Fsp3) is 0.222. The maximum atomic E-state index is 14.4. The molecule has 0 aliphatic carbocycles. The zero-order chi connectivity index (χ0) is 18.1. The summed E-state index contributed by atoms with van der Waals surface area (Å²) >= 11 is 0. The molecule has 2 aromatic rings. The van der Waals surface area contributed by atoms with Gasteiger partial charge in [0.2, 0.25) is 5.88 Å². The van der Waals surface area contributed by atoms with Gasteiger partial charge in [0.1, 0.15) is 22.9 Å². The Morgan fingerprint density at radius 3 is 2.76 bits per heavy atom. The first-order chi connectivity index (χ1) is 11.9. The highest BCUT2D eigenvalue weighted by molar-refractivity contribution is 5.92. The second kappa shape index (κ2) is 6.43. The van der Waals surface area contributed by atoms with Crippen molar-refractivity contribution in [3.63, 3.8) is 0 Å². The van der Waals surface area contributed by atoms with Gasteiger partial charge in [0.25, 0.3) is 0 Å². The second-order valence-corrected chi connectivity index (χ2v) is 5.48. The summed E-state index contributed by atoms with van der Waals surface area (Å²) in [4.78, 5) is 24.8. The summed E-state index contributed by atoms with van der Waals surface area (Å²) in [5.74, 6) is -2.24. The molecule has 7 heteroatoms. The third kappa shape index (κ3) is 2.88. The number of fused-ring (bicyclic) bond motifs is 1. The van der Waals surface area contributed by atoms with Crippen molar-refractivity contribution in [2.75, 3.05) is 6.61 Å². The van der Waals surface area contributed by atoms with Gasteiger partial charge < -0.3 is 19.6 Å². The van der Waals surface area contributed by atoms with Crippen LogP contribution in [0.4, 0.5) is 4.39 Å². The van der Waals surface area contributed by atoms with Crippen LogP contribution in [-0.4, -0.2) is 12.6 Å². The third-order valence-electron chi connectivity index (χ3n) is 3.85. The molecule has 1 aromatic heterocycles. The molecule has 1 aliphatic rings. The van der Waals surface area contributed by atoms with E-state index in [1.165, 1.54) is 24.3 Å². The fourth-order valence-corrected chi connectivity index (χ4v) is 2.85. The Hall–Kier alpha value is -3.09. The van der Waals surface area contributed by atoms with E-state index in [0.717, 1.165) is 0 Å². The summed E-state index contributed by atoms with van der Waals surface area (Å²) in [7, 11) is 0. The first kappa shape index (κ1) is 16.8. The summed E-state index contributed by atoms with van der Waals surface area (Å²) < 4.78 is 30.0. The number of hydrogen-bond donors (Lipinski definition) is 1. The molecule has 6 nitrogen and oxygen atoms in total. The van der Waals surface area contributed by atoms with E-state index >= 15 is 0 Å². The SMILES string of the molecule is CCOC(=O)C1=C(N)Oc2cc(C)oc(=O)c2C1c1ccccc1F. The highest BCUT2D eigenvalue weighted by Crippen LogP contribution is 2.41. The van der Waals surface area contributed by atoms with Gasteiger partial charge in [0.15, 0.2) is 0 Å². The van der Waals surface area contributed by atoms with Crippen LogP contribution in [0.3, 0.4) is 0 Å². The van der Waals surface area contributed by atoms with E-state index in [1.54, 1.807) is 19.9 Å². The average molecular weight is 345 g/mol. The molecular weight excluding hydrogens is 329 g/mol. The quantitative estimate of drug-likeness (QED) is 0.859. The van der Waals surface area contributed by atoms with Gasteiger partial charge in [-0.1, -0.05) is 18.2 Å². The van der Waals surface area contributed by atoms with E-state index in [9.17, 15) is 14.0 Å². The Balaban J connectivity index is 2.30. The molecular formula is C18H16FNO5. The van der Waals surface area contributed by atoms with Gasteiger partial charge in [-0.05, 0) is 19.9 Å². The highest BCUT2D eigenvalue weighted by Gasteiger charge is 2.39. The minimum atomic E-state index is -1.08. The van der Waals surface area contributed by atoms with E-state index in [4.69, 9.17) is 19.6 Å². The van der Waals surface area contributed by atoms with E-state index in [-0.39, 0.29) is 34.9 Å². The van der Waals surface area contributed by atoms with Crippen LogP contribution in [0.25, 0.3) is 0 Å². The number of carbonyl (C=O) groups is 1. The molecule has 1 unspecified atom stereocenters. The van der Waals surface area contributed by atoms with Crippen LogP contribution in [-0.2, 0) is 9.53 Å². The van der Waals surface area contributed by atoms with Crippen LogP contribution in [0, 0.1) is 12.7 Å². The summed E-state index contributed by atoms with van der Waals surface area (Å²) in [6.45, 7) is 3.29. The zero-order valence-corrected chi connectivity index (χ0v) is 13.7. The van der Waals surface area contributed by atoms with Crippen molar-refractivity contribution in [3.8, 4) is 5.75 Å². The fourth-order valence-electron chi connectivity index (χ4n) is 2.85. The minimum Gasteiger partial charge on any atom is -0.462 e. The first-order valence-corrected chi connectivity index (χ1v) is 7.67. The van der Waals surface area contributed by atoms with Crippen molar-refractivity contribution in [1.29, 1.82) is 0 Å². The minimum absolute atomic E-state index is 0.00736. The lowest BCUT2D eigenvalue weighted by Crippen LogP contribution is -2.31. The van der Waals surface area contributed by atoms with Gasteiger partial charge in [-0.3, -0.25) is 0 Å². The van der Waals surface area contributed by atoms with Crippen LogP contribution < -0.4 is 16.1 Å². The van der Waals surface area contributed by atoms with E-state index in [2.05, 4.69) is 0 Å². The molecule has 0 saturated heterocycles. The number of carbonyl (C=O) groups excluding carboxylic acids is 1. The number of hydrogen-bond acceptors (Lipinski definition) is 6. The number of nitrogens with two attached hydrogens (primary N) is 1. The molecule has 2 heterocycles. The van der Waals surface area contributed by atoms with E-state index < -0.39 is 23.3 Å². The summed E-state index contributed by atoms with van der Waals surface area (Å²) in [5, 5.41) is 0. The normalized spacial score (nSPS) is 16.2. The maximum Gasteiger partial charge on any atom is 0.343 e. The molecule has 2 N–H and O–H groups in total. The van der Waals surface area contributed by atoms with E-state index in [1.807, 2.05) is 0 Å². The van der Waals surface area contributed by atoms with Gasteiger partial charge in [-0.15, -0.1) is 0 Å². The summed E-state index contributed by atoms with van der Waals surface area (Å²) in [5.41, 5.74) is 5.16.